The van der Waals surface area contributed by atoms with Gasteiger partial charge in [0.2, 0.25) is 17.6 Å². The second-order valence-electron chi connectivity index (χ2n) is 13.4. The van der Waals surface area contributed by atoms with Crippen molar-refractivity contribution in [3.05, 3.63) is 71.5 Å². The number of esters is 1. The molecule has 1 aliphatic heterocycles. The number of furan rings is 1. The Bertz CT molecular complexity index is 1590. The van der Waals surface area contributed by atoms with E-state index in [4.69, 9.17) is 19.6 Å². The first kappa shape index (κ1) is 33.9. The highest BCUT2D eigenvalue weighted by molar-refractivity contribution is 5.98. The largest absolute Gasteiger partial charge is 0.460 e. The molecular formula is C36H44FN3O7. The van der Waals surface area contributed by atoms with Crippen LogP contribution in [-0.4, -0.2) is 59.7 Å². The minimum Gasteiger partial charge on any atom is -0.460 e. The molecule has 252 valence electrons. The quantitative estimate of drug-likeness (QED) is 0.263. The highest BCUT2D eigenvalue weighted by Crippen LogP contribution is 2.50. The first-order valence-corrected chi connectivity index (χ1v) is 16.3. The van der Waals surface area contributed by atoms with E-state index in [0.717, 1.165) is 5.56 Å². The summed E-state index contributed by atoms with van der Waals surface area (Å²) in [6.45, 7) is 6.29. The van der Waals surface area contributed by atoms with Crippen molar-refractivity contribution in [2.75, 3.05) is 13.3 Å². The molecule has 47 heavy (non-hydrogen) atoms. The zero-order valence-electron chi connectivity index (χ0n) is 27.4. The van der Waals surface area contributed by atoms with Gasteiger partial charge >= 0.3 is 12.1 Å². The number of likely N-dealkylation sites (tertiary alicyclic amines) is 1. The van der Waals surface area contributed by atoms with E-state index >= 15 is 0 Å². The number of carbonyl (C=O) groups is 4. The number of alkyl carbamates (subject to hydrolysis) is 1. The monoisotopic (exact) mass is 649 g/mol. The number of halogens is 1. The number of para-hydroxylation sites is 1. The fourth-order valence-corrected chi connectivity index (χ4v) is 7.24. The summed E-state index contributed by atoms with van der Waals surface area (Å²) in [5, 5.41) is 3.31. The molecule has 2 aromatic carbocycles. The maximum atomic E-state index is 14.6. The standard InChI is InChI=1S/C36H44FN3O7/c1-5-45-34(43)31-29(24-13-9-10-14-28(24)46-31)27-19-25(21-11-7-6-8-12-21)30(32(38)41)40(27)33(42)23-17-15-22(16-18-23)26(20-37)39-35(44)47-36(2,3)4/h6-14,22-23,25-27,30H,5,15-20H2,1-4H3,(H2,38,41)(H,39,44)/t22-,23-,25-,26?,27?,30-/m0/s1. The molecule has 11 heteroatoms. The average molecular weight is 650 g/mol. The number of primary amides is 1. The summed E-state index contributed by atoms with van der Waals surface area (Å²) in [7, 11) is 0. The minimum absolute atomic E-state index is 0.00417. The zero-order chi connectivity index (χ0) is 33.9. The van der Waals surface area contributed by atoms with Crippen LogP contribution < -0.4 is 11.1 Å². The molecule has 5 rings (SSSR count). The number of hydrogen-bond acceptors (Lipinski definition) is 7. The Morgan fingerprint density at radius 1 is 1.02 bits per heavy atom. The van der Waals surface area contributed by atoms with Crippen molar-refractivity contribution >= 4 is 34.8 Å². The maximum absolute atomic E-state index is 14.6. The molecule has 4 atom stereocenters. The van der Waals surface area contributed by atoms with Crippen LogP contribution in [0.25, 0.3) is 11.0 Å². The number of hydrogen-bond donors (Lipinski definition) is 2. The molecule has 1 saturated carbocycles. The number of alkyl halides is 1. The molecule has 3 aromatic rings. The van der Waals surface area contributed by atoms with Crippen molar-refractivity contribution in [2.24, 2.45) is 17.6 Å². The van der Waals surface area contributed by atoms with Crippen molar-refractivity contribution < 1.29 is 37.5 Å². The number of nitrogens with one attached hydrogen (secondary N) is 1. The topological polar surface area (TPSA) is 141 Å². The third-order valence-corrected chi connectivity index (χ3v) is 9.25. The van der Waals surface area contributed by atoms with E-state index < -0.39 is 60.2 Å². The normalized spacial score (nSPS) is 23.7. The van der Waals surface area contributed by atoms with Gasteiger partial charge in [0.1, 0.15) is 23.9 Å². The predicted molar refractivity (Wildman–Crippen MR) is 173 cm³/mol. The molecular weight excluding hydrogens is 605 g/mol. The molecule has 0 radical (unpaired) electrons. The number of rotatable bonds is 9. The van der Waals surface area contributed by atoms with Crippen LogP contribution in [0.2, 0.25) is 0 Å². The van der Waals surface area contributed by atoms with Gasteiger partial charge in [0.05, 0.1) is 18.7 Å². The third kappa shape index (κ3) is 7.29. The van der Waals surface area contributed by atoms with Gasteiger partial charge < -0.3 is 29.8 Å². The molecule has 1 aliphatic carbocycles. The summed E-state index contributed by atoms with van der Waals surface area (Å²) in [6.07, 6.45) is 1.49. The molecule has 2 aliphatic rings. The first-order valence-electron chi connectivity index (χ1n) is 16.3. The van der Waals surface area contributed by atoms with Crippen LogP contribution in [0.3, 0.4) is 0 Å². The average Bonchev–Trinajstić information content (AvgIpc) is 3.62. The Balaban J connectivity index is 1.48. The van der Waals surface area contributed by atoms with Crippen LogP contribution in [-0.2, 0) is 19.1 Å². The summed E-state index contributed by atoms with van der Waals surface area (Å²) in [4.78, 5) is 55.1. The number of nitrogens with two attached hydrogens (primary N) is 1. The fourth-order valence-electron chi connectivity index (χ4n) is 7.24. The van der Waals surface area contributed by atoms with Gasteiger partial charge in [-0.15, -0.1) is 0 Å². The smallest absolute Gasteiger partial charge is 0.407 e. The highest BCUT2D eigenvalue weighted by atomic mass is 19.1. The molecule has 1 aromatic heterocycles. The van der Waals surface area contributed by atoms with Crippen LogP contribution in [0, 0.1) is 11.8 Å². The molecule has 0 spiro atoms. The van der Waals surface area contributed by atoms with E-state index in [1.807, 2.05) is 42.5 Å². The van der Waals surface area contributed by atoms with Gasteiger partial charge in [0.25, 0.3) is 0 Å². The Morgan fingerprint density at radius 3 is 2.30 bits per heavy atom. The van der Waals surface area contributed by atoms with Crippen molar-refractivity contribution in [3.63, 3.8) is 0 Å². The predicted octanol–water partition coefficient (Wildman–Crippen LogP) is 6.19. The summed E-state index contributed by atoms with van der Waals surface area (Å²) < 4.78 is 30.9. The Labute approximate surface area is 274 Å². The second-order valence-corrected chi connectivity index (χ2v) is 13.4. The van der Waals surface area contributed by atoms with Gasteiger partial charge in [0.15, 0.2) is 0 Å². The van der Waals surface area contributed by atoms with Gasteiger partial charge in [0, 0.05) is 22.8 Å². The number of nitrogens with zero attached hydrogens (tertiary/aromatic N) is 1. The van der Waals surface area contributed by atoms with Gasteiger partial charge in [-0.05, 0) is 77.3 Å². The molecule has 3 amide bonds. The van der Waals surface area contributed by atoms with E-state index in [1.165, 1.54) is 0 Å². The van der Waals surface area contributed by atoms with Gasteiger partial charge in [-0.3, -0.25) is 9.59 Å². The number of amides is 3. The van der Waals surface area contributed by atoms with Gasteiger partial charge in [-0.25, -0.2) is 14.0 Å². The summed E-state index contributed by atoms with van der Waals surface area (Å²) >= 11 is 0. The summed E-state index contributed by atoms with van der Waals surface area (Å²) in [6, 6.07) is 14.2. The highest BCUT2D eigenvalue weighted by Gasteiger charge is 2.51. The number of ether oxygens (including phenoxy) is 2. The van der Waals surface area contributed by atoms with Crippen molar-refractivity contribution in [1.29, 1.82) is 0 Å². The number of carbonyl (C=O) groups excluding carboxylic acids is 4. The number of benzene rings is 2. The molecule has 1 saturated heterocycles. The maximum Gasteiger partial charge on any atom is 0.407 e. The van der Waals surface area contributed by atoms with Crippen molar-refractivity contribution in [3.8, 4) is 0 Å². The van der Waals surface area contributed by atoms with E-state index in [1.54, 1.807) is 44.7 Å². The molecule has 3 N–H and O–H groups in total. The van der Waals surface area contributed by atoms with Crippen molar-refractivity contribution in [1.82, 2.24) is 10.2 Å². The Hall–Kier alpha value is -4.41. The summed E-state index contributed by atoms with van der Waals surface area (Å²) in [5.74, 6) is -2.66. The third-order valence-electron chi connectivity index (χ3n) is 9.25. The SMILES string of the molecule is CCOC(=O)c1oc2ccccc2c1C1C[C@@H](c2ccccc2)[C@@H](C(N)=O)N1C(=O)[C@H]1CC[C@H](C(CF)NC(=O)OC(C)(C)C)CC1. The van der Waals surface area contributed by atoms with E-state index in [-0.39, 0.29) is 24.2 Å². The lowest BCUT2D eigenvalue weighted by Crippen LogP contribution is -2.50. The lowest BCUT2D eigenvalue weighted by Gasteiger charge is -2.37. The van der Waals surface area contributed by atoms with Crippen LogP contribution >= 0.6 is 0 Å². The Kier molecular flexibility index (Phi) is 10.2. The van der Waals surface area contributed by atoms with Gasteiger partial charge in [-0.1, -0.05) is 48.5 Å². The van der Waals surface area contributed by atoms with Crippen LogP contribution in [0.1, 0.15) is 93.4 Å². The van der Waals surface area contributed by atoms with E-state index in [0.29, 0.717) is 48.6 Å². The number of fused-ring (bicyclic) bond motifs is 1. The second kappa shape index (κ2) is 14.1. The molecule has 2 fully saturated rings. The molecule has 2 unspecified atom stereocenters. The van der Waals surface area contributed by atoms with Crippen LogP contribution in [0.5, 0.6) is 0 Å². The first-order chi connectivity index (χ1) is 22.4. The minimum atomic E-state index is -0.983. The van der Waals surface area contributed by atoms with Gasteiger partial charge in [-0.2, -0.15) is 0 Å². The van der Waals surface area contributed by atoms with Crippen molar-refractivity contribution in [2.45, 2.75) is 89.4 Å². The lowest BCUT2D eigenvalue weighted by atomic mass is 9.78. The summed E-state index contributed by atoms with van der Waals surface area (Å²) in [5.41, 5.74) is 7.17. The van der Waals surface area contributed by atoms with E-state index in [9.17, 15) is 23.6 Å². The molecule has 2 heterocycles. The zero-order valence-corrected chi connectivity index (χ0v) is 27.4. The Morgan fingerprint density at radius 2 is 1.68 bits per heavy atom. The molecule has 0 bridgehead atoms. The van der Waals surface area contributed by atoms with Crippen LogP contribution in [0.15, 0.2) is 59.0 Å². The fraction of sp³-hybridized carbons (Fsp3) is 0.500. The van der Waals surface area contributed by atoms with E-state index in [2.05, 4.69) is 5.32 Å². The lowest BCUT2D eigenvalue weighted by molar-refractivity contribution is -0.144. The molecule has 10 nitrogen and oxygen atoms in total. The van der Waals surface area contributed by atoms with Crippen LogP contribution in [0.4, 0.5) is 9.18 Å².